The molecule has 6 nitrogen and oxygen atoms in total. The van der Waals surface area contributed by atoms with E-state index in [1.54, 1.807) is 31.3 Å². The van der Waals surface area contributed by atoms with E-state index in [1.807, 2.05) is 44.2 Å². The first-order chi connectivity index (χ1) is 12.7. The van der Waals surface area contributed by atoms with E-state index in [1.165, 1.54) is 9.21 Å². The van der Waals surface area contributed by atoms with Crippen molar-refractivity contribution in [1.82, 2.24) is 0 Å². The normalized spacial score (nSPS) is 11.3. The molecule has 2 aromatic carbocycles. The van der Waals surface area contributed by atoms with Crippen LogP contribution in [-0.4, -0.2) is 40.3 Å². The third-order valence-corrected chi connectivity index (χ3v) is 5.14. The molecule has 0 fully saturated rings. The molecule has 0 spiro atoms. The predicted molar refractivity (Wildman–Crippen MR) is 109 cm³/mol. The topological polar surface area (TPSA) is 66.9 Å². The van der Waals surface area contributed by atoms with Crippen molar-refractivity contribution in [2.24, 2.45) is 0 Å². The lowest BCUT2D eigenvalue weighted by Gasteiger charge is -2.24. The minimum atomic E-state index is -3.52. The van der Waals surface area contributed by atoms with Gasteiger partial charge in [0.1, 0.15) is 5.75 Å². The first-order valence-corrected chi connectivity index (χ1v) is 10.6. The van der Waals surface area contributed by atoms with Gasteiger partial charge in [0.05, 0.1) is 18.0 Å². The fourth-order valence-corrected chi connectivity index (χ4v) is 3.54. The Labute approximate surface area is 161 Å². The summed E-state index contributed by atoms with van der Waals surface area (Å²) in [6.45, 7) is 3.91. The van der Waals surface area contributed by atoms with Gasteiger partial charge in [0, 0.05) is 25.7 Å². The number of para-hydroxylation sites is 1. The molecule has 0 atom stereocenters. The zero-order valence-corrected chi connectivity index (χ0v) is 16.9. The summed E-state index contributed by atoms with van der Waals surface area (Å²) in [5, 5.41) is 0. The first kappa shape index (κ1) is 20.8. The molecule has 146 valence electrons. The number of benzene rings is 2. The fraction of sp³-hybridized carbons (Fsp3) is 0.350. The second-order valence-corrected chi connectivity index (χ2v) is 8.44. The van der Waals surface area contributed by atoms with Crippen LogP contribution in [0.1, 0.15) is 20.3 Å². The summed E-state index contributed by atoms with van der Waals surface area (Å²) in [7, 11) is -1.84. The molecule has 27 heavy (non-hydrogen) atoms. The van der Waals surface area contributed by atoms with Gasteiger partial charge in [-0.2, -0.15) is 0 Å². The minimum Gasteiger partial charge on any atom is -0.491 e. The molecule has 0 saturated carbocycles. The van der Waals surface area contributed by atoms with Crippen LogP contribution >= 0.6 is 0 Å². The van der Waals surface area contributed by atoms with Crippen molar-refractivity contribution in [3.63, 3.8) is 0 Å². The second kappa shape index (κ2) is 8.90. The lowest BCUT2D eigenvalue weighted by Crippen LogP contribution is -2.35. The number of amides is 1. The molecule has 0 unspecified atom stereocenters. The lowest BCUT2D eigenvalue weighted by molar-refractivity contribution is -0.118. The zero-order valence-electron chi connectivity index (χ0n) is 16.1. The quantitative estimate of drug-likeness (QED) is 0.694. The minimum absolute atomic E-state index is 0.0352. The Hall–Kier alpha value is -2.54. The Morgan fingerprint density at radius 3 is 2.11 bits per heavy atom. The molecule has 1 amide bonds. The van der Waals surface area contributed by atoms with Gasteiger partial charge in [0.2, 0.25) is 15.9 Å². The monoisotopic (exact) mass is 390 g/mol. The summed E-state index contributed by atoms with van der Waals surface area (Å²) in [5.41, 5.74) is 1.27. The second-order valence-electron chi connectivity index (χ2n) is 6.53. The van der Waals surface area contributed by atoms with Gasteiger partial charge in [-0.15, -0.1) is 0 Å². The van der Waals surface area contributed by atoms with E-state index >= 15 is 0 Å². The van der Waals surface area contributed by atoms with Crippen molar-refractivity contribution in [3.8, 4) is 5.75 Å². The van der Waals surface area contributed by atoms with Crippen LogP contribution in [0, 0.1) is 0 Å². The van der Waals surface area contributed by atoms with E-state index in [9.17, 15) is 13.2 Å². The molecule has 0 aliphatic rings. The number of nitrogens with zero attached hydrogens (tertiary/aromatic N) is 2. The number of carbonyl (C=O) groups is 1. The van der Waals surface area contributed by atoms with Gasteiger partial charge >= 0.3 is 0 Å². The van der Waals surface area contributed by atoms with E-state index in [0.29, 0.717) is 11.4 Å². The van der Waals surface area contributed by atoms with Crippen LogP contribution in [-0.2, 0) is 14.8 Å². The van der Waals surface area contributed by atoms with Gasteiger partial charge < -0.3 is 9.64 Å². The van der Waals surface area contributed by atoms with Crippen LogP contribution in [0.15, 0.2) is 54.6 Å². The molecular formula is C20H26N2O4S. The van der Waals surface area contributed by atoms with Gasteiger partial charge in [-0.1, -0.05) is 18.2 Å². The molecule has 2 rings (SSSR count). The zero-order chi connectivity index (χ0) is 20.0. The Morgan fingerprint density at radius 1 is 1.00 bits per heavy atom. The third kappa shape index (κ3) is 5.99. The van der Waals surface area contributed by atoms with Crippen molar-refractivity contribution < 1.29 is 17.9 Å². The summed E-state index contributed by atoms with van der Waals surface area (Å²) >= 11 is 0. The number of anilines is 2. The standard InChI is InChI=1S/C20H26N2O4S/c1-16(2)26-19-12-10-18(11-13-19)22(27(4,24)25)15-14-20(23)21(3)17-8-6-5-7-9-17/h5-13,16H,14-15H2,1-4H3. The van der Waals surface area contributed by atoms with E-state index in [4.69, 9.17) is 4.74 Å². The van der Waals surface area contributed by atoms with Gasteiger partial charge in [-0.05, 0) is 50.2 Å². The predicted octanol–water partition coefficient (Wildman–Crippen LogP) is 3.29. The molecule has 7 heteroatoms. The number of carbonyl (C=O) groups excluding carboxylic acids is 1. The van der Waals surface area contributed by atoms with Gasteiger partial charge in [0.25, 0.3) is 0 Å². The molecule has 0 saturated heterocycles. The summed E-state index contributed by atoms with van der Waals surface area (Å²) in [6, 6.07) is 16.1. The maximum absolute atomic E-state index is 12.5. The molecule has 0 radical (unpaired) electrons. The molecule has 0 aromatic heterocycles. The maximum atomic E-state index is 12.5. The summed E-state index contributed by atoms with van der Waals surface area (Å²) in [6.07, 6.45) is 1.24. The molecule has 0 N–H and O–H groups in total. The Bertz CT molecular complexity index is 849. The maximum Gasteiger partial charge on any atom is 0.232 e. The van der Waals surface area contributed by atoms with Crippen molar-refractivity contribution in [1.29, 1.82) is 0 Å². The molecule has 0 heterocycles. The average Bonchev–Trinajstić information content (AvgIpc) is 2.61. The van der Waals surface area contributed by atoms with Gasteiger partial charge in [-0.25, -0.2) is 8.42 Å². The van der Waals surface area contributed by atoms with Crippen LogP contribution in [0.5, 0.6) is 5.75 Å². The lowest BCUT2D eigenvalue weighted by atomic mass is 10.2. The third-order valence-electron chi connectivity index (χ3n) is 3.94. The fourth-order valence-electron chi connectivity index (χ4n) is 2.61. The van der Waals surface area contributed by atoms with Crippen LogP contribution in [0.2, 0.25) is 0 Å². The highest BCUT2D eigenvalue weighted by molar-refractivity contribution is 7.92. The Kier molecular flexibility index (Phi) is 6.85. The highest BCUT2D eigenvalue weighted by Crippen LogP contribution is 2.23. The Morgan fingerprint density at radius 2 is 1.59 bits per heavy atom. The highest BCUT2D eigenvalue weighted by Gasteiger charge is 2.20. The summed E-state index contributed by atoms with van der Waals surface area (Å²) < 4.78 is 31.3. The number of hydrogen-bond acceptors (Lipinski definition) is 4. The van der Waals surface area contributed by atoms with Crippen LogP contribution in [0.25, 0.3) is 0 Å². The van der Waals surface area contributed by atoms with Crippen LogP contribution < -0.4 is 13.9 Å². The van der Waals surface area contributed by atoms with Crippen molar-refractivity contribution >= 4 is 27.3 Å². The van der Waals surface area contributed by atoms with E-state index in [-0.39, 0.29) is 25.0 Å². The van der Waals surface area contributed by atoms with Crippen molar-refractivity contribution in [2.45, 2.75) is 26.4 Å². The van der Waals surface area contributed by atoms with Crippen LogP contribution in [0.3, 0.4) is 0 Å². The van der Waals surface area contributed by atoms with E-state index in [2.05, 4.69) is 0 Å². The molecule has 0 bridgehead atoms. The summed E-state index contributed by atoms with van der Waals surface area (Å²) in [5.74, 6) is 0.511. The molecular weight excluding hydrogens is 364 g/mol. The average molecular weight is 391 g/mol. The van der Waals surface area contributed by atoms with Gasteiger partial charge in [-0.3, -0.25) is 9.10 Å². The van der Waals surface area contributed by atoms with Gasteiger partial charge in [0.15, 0.2) is 0 Å². The van der Waals surface area contributed by atoms with Crippen molar-refractivity contribution in [2.75, 3.05) is 29.1 Å². The van der Waals surface area contributed by atoms with E-state index < -0.39 is 10.0 Å². The highest BCUT2D eigenvalue weighted by atomic mass is 32.2. The largest absolute Gasteiger partial charge is 0.491 e. The number of sulfonamides is 1. The van der Waals surface area contributed by atoms with Crippen molar-refractivity contribution in [3.05, 3.63) is 54.6 Å². The van der Waals surface area contributed by atoms with Crippen LogP contribution in [0.4, 0.5) is 11.4 Å². The number of rotatable bonds is 8. The van der Waals surface area contributed by atoms with E-state index in [0.717, 1.165) is 11.9 Å². The first-order valence-electron chi connectivity index (χ1n) is 8.74. The molecule has 0 aliphatic carbocycles. The molecule has 0 aliphatic heterocycles. The summed E-state index contributed by atoms with van der Waals surface area (Å²) in [4.78, 5) is 14.0. The number of hydrogen-bond donors (Lipinski definition) is 0. The smallest absolute Gasteiger partial charge is 0.232 e. The number of ether oxygens (including phenoxy) is 1. The SMILES string of the molecule is CC(C)Oc1ccc(N(CCC(=O)N(C)c2ccccc2)S(C)(=O)=O)cc1. The molecule has 2 aromatic rings. The Balaban J connectivity index is 2.10.